The van der Waals surface area contributed by atoms with Crippen molar-refractivity contribution in [2.24, 2.45) is 0 Å². The van der Waals surface area contributed by atoms with E-state index in [0.29, 0.717) is 0 Å². The van der Waals surface area contributed by atoms with Crippen LogP contribution in [0, 0.1) is 0 Å². The highest BCUT2D eigenvalue weighted by Gasteiger charge is 2.14. The van der Waals surface area contributed by atoms with Crippen molar-refractivity contribution in [1.82, 2.24) is 0 Å². The maximum atomic E-state index is 6.32. The zero-order valence-electron chi connectivity index (χ0n) is 23.4. The summed E-state index contributed by atoms with van der Waals surface area (Å²) in [5.41, 5.74) is 9.06. The lowest BCUT2D eigenvalue weighted by Gasteiger charge is -2.13. The van der Waals surface area contributed by atoms with E-state index in [0.717, 1.165) is 33.1 Å². The minimum atomic E-state index is 0.924. The van der Waals surface area contributed by atoms with Crippen molar-refractivity contribution in [1.29, 1.82) is 0 Å². The molecule has 1 nitrogen and oxygen atoms in total. The third-order valence-electron chi connectivity index (χ3n) is 8.85. The van der Waals surface area contributed by atoms with Crippen LogP contribution in [0.25, 0.3) is 87.6 Å². The van der Waals surface area contributed by atoms with Crippen LogP contribution in [-0.2, 0) is 0 Å². The van der Waals surface area contributed by atoms with Gasteiger partial charge < -0.3 is 4.42 Å². The van der Waals surface area contributed by atoms with Gasteiger partial charge in [0.2, 0.25) is 0 Å². The van der Waals surface area contributed by atoms with Crippen LogP contribution in [0.5, 0.6) is 0 Å². The molecule has 0 bridgehead atoms. The van der Waals surface area contributed by atoms with Gasteiger partial charge in [-0.25, -0.2) is 0 Å². The molecule has 9 aromatic rings. The molecule has 0 aliphatic heterocycles. The van der Waals surface area contributed by atoms with E-state index in [4.69, 9.17) is 4.42 Å². The van der Waals surface area contributed by atoms with Crippen LogP contribution >= 0.6 is 0 Å². The summed E-state index contributed by atoms with van der Waals surface area (Å²) < 4.78 is 6.32. The Labute approximate surface area is 249 Å². The van der Waals surface area contributed by atoms with Crippen molar-refractivity contribution >= 4 is 54.3 Å². The molecule has 9 rings (SSSR count). The number of fused-ring (bicyclic) bond motifs is 7. The average Bonchev–Trinajstić information content (AvgIpc) is 3.47. The van der Waals surface area contributed by atoms with Crippen molar-refractivity contribution in [3.05, 3.63) is 158 Å². The van der Waals surface area contributed by atoms with Crippen LogP contribution in [0.1, 0.15) is 0 Å². The lowest BCUT2D eigenvalue weighted by Crippen LogP contribution is -1.87. The predicted molar refractivity (Wildman–Crippen MR) is 183 cm³/mol. The summed E-state index contributed by atoms with van der Waals surface area (Å²) in [6, 6.07) is 56.9. The monoisotopic (exact) mass is 546 g/mol. The van der Waals surface area contributed by atoms with Gasteiger partial charge in [0.15, 0.2) is 0 Å². The summed E-state index contributed by atoms with van der Waals surface area (Å²) in [4.78, 5) is 0. The van der Waals surface area contributed by atoms with Gasteiger partial charge in [-0.1, -0.05) is 133 Å². The van der Waals surface area contributed by atoms with Crippen LogP contribution in [0.4, 0.5) is 0 Å². The van der Waals surface area contributed by atoms with Gasteiger partial charge in [-0.2, -0.15) is 0 Å². The van der Waals surface area contributed by atoms with Gasteiger partial charge in [0.05, 0.1) is 0 Å². The molecule has 0 saturated heterocycles. The van der Waals surface area contributed by atoms with Crippen molar-refractivity contribution < 1.29 is 4.42 Å². The van der Waals surface area contributed by atoms with Gasteiger partial charge in [-0.3, -0.25) is 0 Å². The SMILES string of the molecule is c1ccc2cc(-c3ccc4cc(-c5ccc(-c6cccc7c6oc6ccccc67)cc5)c5ccccc5c4c3)ccc2c1. The Balaban J connectivity index is 1.16. The molecule has 0 aliphatic rings. The summed E-state index contributed by atoms with van der Waals surface area (Å²) in [5, 5.41) is 9.89. The minimum absolute atomic E-state index is 0.924. The molecule has 0 atom stereocenters. The lowest BCUT2D eigenvalue weighted by molar-refractivity contribution is 0.670. The highest BCUT2D eigenvalue weighted by atomic mass is 16.3. The molecular weight excluding hydrogens is 520 g/mol. The second-order valence-corrected chi connectivity index (χ2v) is 11.3. The molecule has 43 heavy (non-hydrogen) atoms. The Hall–Kier alpha value is -5.66. The molecule has 0 unspecified atom stereocenters. The molecule has 200 valence electrons. The number of rotatable bonds is 3. The highest BCUT2D eigenvalue weighted by molar-refractivity contribution is 6.15. The molecule has 1 heterocycles. The van der Waals surface area contributed by atoms with Gasteiger partial charge in [0.25, 0.3) is 0 Å². The number of benzene rings is 8. The molecule has 0 fully saturated rings. The molecule has 0 N–H and O–H groups in total. The molecule has 8 aromatic carbocycles. The quantitative estimate of drug-likeness (QED) is 0.201. The standard InChI is InChI=1S/C42H26O/c1-2-9-30-24-31(21-16-27(30)8-1)32-22-23-33-26-39(35-10-3-4-11-36(35)40(33)25-32)29-19-17-28(18-20-29)34-13-7-14-38-37-12-5-6-15-41(37)43-42(34)38/h1-26H. The Bertz CT molecular complexity index is 2500. The number of furan rings is 1. The summed E-state index contributed by atoms with van der Waals surface area (Å²) in [5.74, 6) is 0. The molecule has 0 spiro atoms. The van der Waals surface area contributed by atoms with Crippen LogP contribution in [0.2, 0.25) is 0 Å². The maximum Gasteiger partial charge on any atom is 0.143 e. The fraction of sp³-hybridized carbons (Fsp3) is 0. The molecular formula is C42H26O. The van der Waals surface area contributed by atoms with Gasteiger partial charge in [-0.15, -0.1) is 0 Å². The van der Waals surface area contributed by atoms with E-state index in [1.807, 2.05) is 12.1 Å². The minimum Gasteiger partial charge on any atom is -0.455 e. The Morgan fingerprint density at radius 3 is 1.74 bits per heavy atom. The number of hydrogen-bond acceptors (Lipinski definition) is 1. The van der Waals surface area contributed by atoms with Crippen molar-refractivity contribution in [3.63, 3.8) is 0 Å². The third kappa shape index (κ3) is 3.86. The van der Waals surface area contributed by atoms with E-state index >= 15 is 0 Å². The van der Waals surface area contributed by atoms with Crippen molar-refractivity contribution in [2.45, 2.75) is 0 Å². The van der Waals surface area contributed by atoms with E-state index in [9.17, 15) is 0 Å². The van der Waals surface area contributed by atoms with E-state index in [1.54, 1.807) is 0 Å². The van der Waals surface area contributed by atoms with Crippen LogP contribution in [0.3, 0.4) is 0 Å². The van der Waals surface area contributed by atoms with Gasteiger partial charge in [-0.05, 0) is 84.4 Å². The molecule has 1 heteroatoms. The van der Waals surface area contributed by atoms with Gasteiger partial charge >= 0.3 is 0 Å². The largest absolute Gasteiger partial charge is 0.455 e. The van der Waals surface area contributed by atoms with Crippen LogP contribution in [0.15, 0.2) is 162 Å². The fourth-order valence-corrected chi connectivity index (χ4v) is 6.69. The molecule has 0 amide bonds. The summed E-state index contributed by atoms with van der Waals surface area (Å²) in [7, 11) is 0. The van der Waals surface area contributed by atoms with E-state index in [-0.39, 0.29) is 0 Å². The fourth-order valence-electron chi connectivity index (χ4n) is 6.69. The summed E-state index contributed by atoms with van der Waals surface area (Å²) in [6.45, 7) is 0. The maximum absolute atomic E-state index is 6.32. The van der Waals surface area contributed by atoms with E-state index < -0.39 is 0 Å². The third-order valence-corrected chi connectivity index (χ3v) is 8.85. The van der Waals surface area contributed by atoms with Crippen molar-refractivity contribution in [2.75, 3.05) is 0 Å². The van der Waals surface area contributed by atoms with Crippen LogP contribution in [-0.4, -0.2) is 0 Å². The van der Waals surface area contributed by atoms with E-state index in [1.165, 1.54) is 54.6 Å². The molecule has 0 saturated carbocycles. The first-order chi connectivity index (χ1) is 21.3. The van der Waals surface area contributed by atoms with Gasteiger partial charge in [0.1, 0.15) is 11.2 Å². The molecule has 0 aliphatic carbocycles. The Kier molecular flexibility index (Phi) is 5.27. The number of hydrogen-bond donors (Lipinski definition) is 0. The van der Waals surface area contributed by atoms with Gasteiger partial charge in [0, 0.05) is 16.3 Å². The first-order valence-electron chi connectivity index (χ1n) is 14.8. The lowest BCUT2D eigenvalue weighted by atomic mass is 9.90. The average molecular weight is 547 g/mol. The number of para-hydroxylation sites is 2. The second kappa shape index (κ2) is 9.44. The topological polar surface area (TPSA) is 13.1 Å². The Morgan fingerprint density at radius 2 is 0.907 bits per heavy atom. The molecule has 0 radical (unpaired) electrons. The summed E-state index contributed by atoms with van der Waals surface area (Å²) in [6.07, 6.45) is 0. The second-order valence-electron chi connectivity index (χ2n) is 11.3. The predicted octanol–water partition coefficient (Wildman–Crippen LogP) is 12.0. The van der Waals surface area contributed by atoms with Crippen LogP contribution < -0.4 is 0 Å². The normalized spacial score (nSPS) is 11.7. The Morgan fingerprint density at radius 1 is 0.302 bits per heavy atom. The highest BCUT2D eigenvalue weighted by Crippen LogP contribution is 2.39. The smallest absolute Gasteiger partial charge is 0.143 e. The van der Waals surface area contributed by atoms with Crippen molar-refractivity contribution in [3.8, 4) is 33.4 Å². The molecule has 1 aromatic heterocycles. The first-order valence-corrected chi connectivity index (χ1v) is 14.8. The first kappa shape index (κ1) is 24.0. The zero-order chi connectivity index (χ0) is 28.3. The summed E-state index contributed by atoms with van der Waals surface area (Å²) >= 11 is 0. The van der Waals surface area contributed by atoms with E-state index in [2.05, 4.69) is 146 Å². The zero-order valence-corrected chi connectivity index (χ0v) is 23.4.